The fraction of sp³-hybridized carbons (Fsp3) is 1.00. The van der Waals surface area contributed by atoms with Gasteiger partial charge in [-0.05, 0) is 20.8 Å². The maximum Gasteiger partial charge on any atom is 0.0551 e. The van der Waals surface area contributed by atoms with Crippen LogP contribution >= 0.6 is 23.2 Å². The van der Waals surface area contributed by atoms with E-state index in [4.69, 9.17) is 23.2 Å². The minimum Gasteiger partial charge on any atom is -0.121 e. The molecule has 0 nitrogen and oxygen atoms in total. The summed E-state index contributed by atoms with van der Waals surface area (Å²) in [7, 11) is 0. The van der Waals surface area contributed by atoms with Gasteiger partial charge in [0.25, 0.3) is 0 Å². The molecule has 0 N–H and O–H groups in total. The van der Waals surface area contributed by atoms with Crippen molar-refractivity contribution in [3.8, 4) is 0 Å². The second kappa shape index (κ2) is 2.23. The lowest BCUT2D eigenvalue weighted by Crippen LogP contribution is -2.21. The summed E-state index contributed by atoms with van der Waals surface area (Å²) in [5.74, 6) is 0. The third-order valence-electron chi connectivity index (χ3n) is 0.946. The zero-order chi connectivity index (χ0) is 6.08. The Hall–Kier alpha value is 0.580. The molecule has 7 heavy (non-hydrogen) atoms. The molecule has 0 saturated heterocycles. The molecule has 1 atom stereocenters. The number of hydrogen-bond donors (Lipinski definition) is 0. The number of rotatable bonds is 1. The quantitative estimate of drug-likeness (QED) is 0.492. The van der Waals surface area contributed by atoms with Gasteiger partial charge in [0, 0.05) is 5.38 Å². The van der Waals surface area contributed by atoms with E-state index in [1.165, 1.54) is 0 Å². The van der Waals surface area contributed by atoms with Crippen molar-refractivity contribution in [2.75, 3.05) is 0 Å². The Morgan fingerprint density at radius 2 is 1.57 bits per heavy atom. The van der Waals surface area contributed by atoms with Crippen LogP contribution in [-0.2, 0) is 0 Å². The van der Waals surface area contributed by atoms with Gasteiger partial charge in [-0.15, -0.1) is 23.2 Å². The first-order chi connectivity index (χ1) is 2.94. The first-order valence-corrected chi connectivity index (χ1v) is 3.09. The average molecular weight is 141 g/mol. The van der Waals surface area contributed by atoms with Crippen LogP contribution in [0.15, 0.2) is 0 Å². The van der Waals surface area contributed by atoms with Gasteiger partial charge < -0.3 is 0 Å². The first-order valence-electron chi connectivity index (χ1n) is 2.27. The predicted molar refractivity (Wildman–Crippen MR) is 35.2 cm³/mol. The van der Waals surface area contributed by atoms with Gasteiger partial charge in [-0.3, -0.25) is 0 Å². The van der Waals surface area contributed by atoms with Crippen molar-refractivity contribution in [1.82, 2.24) is 0 Å². The highest BCUT2D eigenvalue weighted by Crippen LogP contribution is 2.21. The minimum atomic E-state index is -0.262. The molecule has 0 aliphatic carbocycles. The summed E-state index contributed by atoms with van der Waals surface area (Å²) in [4.78, 5) is -0.262. The summed E-state index contributed by atoms with van der Waals surface area (Å²) in [5, 5.41) is 0.0363. The lowest BCUT2D eigenvalue weighted by Gasteiger charge is -2.17. The fourth-order valence-corrected chi connectivity index (χ4v) is 0. The Labute approximate surface area is 54.8 Å². The molecule has 0 radical (unpaired) electrons. The van der Waals surface area contributed by atoms with Crippen LogP contribution in [-0.4, -0.2) is 10.3 Å². The van der Waals surface area contributed by atoms with Crippen LogP contribution in [0.5, 0.6) is 0 Å². The lowest BCUT2D eigenvalue weighted by molar-refractivity contribution is 0.680. The predicted octanol–water partition coefficient (Wildman–Crippen LogP) is 2.63. The van der Waals surface area contributed by atoms with Gasteiger partial charge in [0.05, 0.1) is 4.87 Å². The zero-order valence-electron chi connectivity index (χ0n) is 4.83. The molecule has 0 rings (SSSR count). The van der Waals surface area contributed by atoms with Gasteiger partial charge in [-0.2, -0.15) is 0 Å². The molecule has 2 heteroatoms. The van der Waals surface area contributed by atoms with E-state index in [9.17, 15) is 0 Å². The van der Waals surface area contributed by atoms with Crippen molar-refractivity contribution in [3.05, 3.63) is 0 Å². The van der Waals surface area contributed by atoms with Crippen LogP contribution in [0.25, 0.3) is 0 Å². The van der Waals surface area contributed by atoms with Crippen molar-refractivity contribution in [3.63, 3.8) is 0 Å². The van der Waals surface area contributed by atoms with Gasteiger partial charge in [0.2, 0.25) is 0 Å². The second-order valence-electron chi connectivity index (χ2n) is 2.18. The normalized spacial score (nSPS) is 16.7. The molecule has 0 aromatic heterocycles. The second-order valence-corrected chi connectivity index (χ2v) is 3.81. The van der Waals surface area contributed by atoms with Gasteiger partial charge in [-0.1, -0.05) is 0 Å². The van der Waals surface area contributed by atoms with E-state index in [1.807, 2.05) is 20.8 Å². The summed E-state index contributed by atoms with van der Waals surface area (Å²) in [5.41, 5.74) is 0. The highest BCUT2D eigenvalue weighted by atomic mass is 35.5. The van der Waals surface area contributed by atoms with Crippen LogP contribution < -0.4 is 0 Å². The summed E-state index contributed by atoms with van der Waals surface area (Å²) < 4.78 is 0. The van der Waals surface area contributed by atoms with Crippen LogP contribution in [0.4, 0.5) is 0 Å². The van der Waals surface area contributed by atoms with Crippen LogP contribution in [0.3, 0.4) is 0 Å². The number of alkyl halides is 2. The van der Waals surface area contributed by atoms with E-state index >= 15 is 0 Å². The first kappa shape index (κ1) is 7.58. The van der Waals surface area contributed by atoms with Crippen molar-refractivity contribution >= 4 is 23.2 Å². The highest BCUT2D eigenvalue weighted by molar-refractivity contribution is 6.31. The Kier molecular flexibility index (Phi) is 2.42. The minimum absolute atomic E-state index is 0.0363. The molecule has 1 unspecified atom stereocenters. The van der Waals surface area contributed by atoms with Crippen LogP contribution in [0.1, 0.15) is 20.8 Å². The summed E-state index contributed by atoms with van der Waals surface area (Å²) in [6.07, 6.45) is 0. The topological polar surface area (TPSA) is 0 Å². The Balaban J connectivity index is 3.54. The van der Waals surface area contributed by atoms with E-state index in [0.29, 0.717) is 0 Å². The molecule has 0 saturated carbocycles. The molecule has 44 valence electrons. The summed E-state index contributed by atoms with van der Waals surface area (Å²) >= 11 is 11.4. The molecule has 0 fully saturated rings. The molecule has 0 heterocycles. The van der Waals surface area contributed by atoms with Gasteiger partial charge in [0.1, 0.15) is 0 Å². The fourth-order valence-electron chi connectivity index (χ4n) is 0. The zero-order valence-corrected chi connectivity index (χ0v) is 6.35. The average Bonchev–Trinajstić information content (AvgIpc) is 1.31. The third-order valence-corrected chi connectivity index (χ3v) is 1.93. The highest BCUT2D eigenvalue weighted by Gasteiger charge is 2.19. The van der Waals surface area contributed by atoms with Crippen LogP contribution in [0, 0.1) is 0 Å². The van der Waals surface area contributed by atoms with E-state index in [2.05, 4.69) is 0 Å². The number of halogens is 2. The SMILES string of the molecule is CC(Cl)C(C)(C)Cl. The Bertz CT molecular complexity index is 51.6. The van der Waals surface area contributed by atoms with Crippen molar-refractivity contribution in [2.45, 2.75) is 31.0 Å². The summed E-state index contributed by atoms with van der Waals surface area (Å²) in [6.45, 7) is 5.67. The van der Waals surface area contributed by atoms with Crippen LogP contribution in [0.2, 0.25) is 0 Å². The smallest absolute Gasteiger partial charge is 0.0551 e. The number of hydrogen-bond acceptors (Lipinski definition) is 0. The van der Waals surface area contributed by atoms with Crippen molar-refractivity contribution < 1.29 is 0 Å². The van der Waals surface area contributed by atoms with Gasteiger partial charge in [-0.25, -0.2) is 0 Å². The molecule has 0 aliphatic rings. The molecule has 0 aromatic rings. The monoisotopic (exact) mass is 140 g/mol. The summed E-state index contributed by atoms with van der Waals surface area (Å²) in [6, 6.07) is 0. The molecule has 0 amide bonds. The Morgan fingerprint density at radius 1 is 1.43 bits per heavy atom. The van der Waals surface area contributed by atoms with Crippen molar-refractivity contribution in [1.29, 1.82) is 0 Å². The molecular weight excluding hydrogens is 131 g/mol. The van der Waals surface area contributed by atoms with Gasteiger partial charge in [0.15, 0.2) is 0 Å². The molecule has 0 bridgehead atoms. The van der Waals surface area contributed by atoms with E-state index < -0.39 is 0 Å². The largest absolute Gasteiger partial charge is 0.121 e. The maximum absolute atomic E-state index is 5.74. The maximum atomic E-state index is 5.74. The lowest BCUT2D eigenvalue weighted by atomic mass is 10.1. The van der Waals surface area contributed by atoms with E-state index in [1.54, 1.807) is 0 Å². The van der Waals surface area contributed by atoms with E-state index in [-0.39, 0.29) is 10.3 Å². The standard InChI is InChI=1S/C5H10Cl2/c1-4(6)5(2,3)7/h4H,1-3H3. The van der Waals surface area contributed by atoms with Gasteiger partial charge >= 0.3 is 0 Å². The molecule has 0 aliphatic heterocycles. The molecule has 0 spiro atoms. The molecule has 0 aromatic carbocycles. The third kappa shape index (κ3) is 3.19. The molecular formula is C5H10Cl2. The Morgan fingerprint density at radius 3 is 1.57 bits per heavy atom. The van der Waals surface area contributed by atoms with E-state index in [0.717, 1.165) is 0 Å². The van der Waals surface area contributed by atoms with Crippen molar-refractivity contribution in [2.24, 2.45) is 0 Å².